The number of benzene rings is 1. The largest absolute Gasteiger partial charge is 0.306 e. The van der Waals surface area contributed by atoms with Crippen LogP contribution in [0.3, 0.4) is 0 Å². The molecule has 2 aliphatic carbocycles. The third-order valence-corrected chi connectivity index (χ3v) is 6.19. The number of nitrogens with zero attached hydrogens (tertiary/aromatic N) is 2. The van der Waals surface area contributed by atoms with Crippen LogP contribution in [-0.4, -0.2) is 42.8 Å². The summed E-state index contributed by atoms with van der Waals surface area (Å²) >= 11 is 0. The number of carbonyl (C=O) groups is 3. The van der Waals surface area contributed by atoms with E-state index in [4.69, 9.17) is 0 Å². The lowest BCUT2D eigenvalue weighted by Gasteiger charge is -2.37. The molecule has 2 unspecified atom stereocenters. The molecule has 1 aromatic carbocycles. The minimum atomic E-state index is -0.107. The van der Waals surface area contributed by atoms with Gasteiger partial charge in [0.05, 0.1) is 17.9 Å². The van der Waals surface area contributed by atoms with E-state index in [2.05, 4.69) is 12.2 Å². The summed E-state index contributed by atoms with van der Waals surface area (Å²) in [5, 5.41) is 3.40. The second-order valence-electron chi connectivity index (χ2n) is 8.58. The number of hydrogen-bond acceptors (Lipinski definition) is 4. The SMILES string of the molecule is CC(=O)c1ccc2c(c1)N(C(=O)CNC1CCCC(C)C1)CC(=O)N2C1CC1. The molecule has 2 atom stereocenters. The summed E-state index contributed by atoms with van der Waals surface area (Å²) in [7, 11) is 0. The predicted octanol–water partition coefficient (Wildman–Crippen LogP) is 2.90. The number of carbonyl (C=O) groups excluding carboxylic acids is 3. The Morgan fingerprint density at radius 1 is 1.14 bits per heavy atom. The van der Waals surface area contributed by atoms with Crippen molar-refractivity contribution in [1.29, 1.82) is 0 Å². The smallest absolute Gasteiger partial charge is 0.247 e. The summed E-state index contributed by atoms with van der Waals surface area (Å²) in [4.78, 5) is 41.0. The van der Waals surface area contributed by atoms with E-state index in [-0.39, 0.29) is 36.7 Å². The van der Waals surface area contributed by atoms with E-state index in [0.717, 1.165) is 31.4 Å². The van der Waals surface area contributed by atoms with Crippen molar-refractivity contribution in [1.82, 2.24) is 5.32 Å². The van der Waals surface area contributed by atoms with Crippen LogP contribution in [0.5, 0.6) is 0 Å². The van der Waals surface area contributed by atoms with Gasteiger partial charge in [-0.3, -0.25) is 19.3 Å². The Balaban J connectivity index is 1.55. The zero-order valence-corrected chi connectivity index (χ0v) is 16.7. The number of rotatable bonds is 5. The van der Waals surface area contributed by atoms with Gasteiger partial charge in [0.25, 0.3) is 0 Å². The van der Waals surface area contributed by atoms with Gasteiger partial charge in [0.15, 0.2) is 5.78 Å². The van der Waals surface area contributed by atoms with Gasteiger partial charge in [-0.15, -0.1) is 0 Å². The molecule has 2 fully saturated rings. The molecule has 3 aliphatic rings. The maximum atomic E-state index is 13.0. The molecule has 2 saturated carbocycles. The van der Waals surface area contributed by atoms with Gasteiger partial charge in [0, 0.05) is 17.6 Å². The van der Waals surface area contributed by atoms with Gasteiger partial charge in [-0.25, -0.2) is 0 Å². The highest BCUT2D eigenvalue weighted by Gasteiger charge is 2.40. The molecule has 1 aromatic rings. The van der Waals surface area contributed by atoms with Gasteiger partial charge in [0.1, 0.15) is 6.54 Å². The lowest BCUT2D eigenvalue weighted by atomic mass is 9.87. The third-order valence-electron chi connectivity index (χ3n) is 6.19. The Kier molecular flexibility index (Phi) is 5.23. The van der Waals surface area contributed by atoms with Crippen LogP contribution in [0, 0.1) is 5.92 Å². The number of anilines is 2. The van der Waals surface area contributed by atoms with Crippen LogP contribution in [0.1, 0.15) is 62.7 Å². The van der Waals surface area contributed by atoms with Gasteiger partial charge in [-0.2, -0.15) is 0 Å². The van der Waals surface area contributed by atoms with Gasteiger partial charge in [-0.1, -0.05) is 19.8 Å². The number of Topliss-reactive ketones (excluding diaryl/α,β-unsaturated/α-hetero) is 1. The Morgan fingerprint density at radius 2 is 1.93 bits per heavy atom. The van der Waals surface area contributed by atoms with E-state index in [1.54, 1.807) is 17.0 Å². The van der Waals surface area contributed by atoms with Crippen LogP contribution in [-0.2, 0) is 9.59 Å². The minimum absolute atomic E-state index is 0.0368. The molecule has 0 aromatic heterocycles. The molecule has 6 nitrogen and oxygen atoms in total. The summed E-state index contributed by atoms with van der Waals surface area (Å²) in [5.74, 6) is 0.498. The molecule has 1 N–H and O–H groups in total. The Labute approximate surface area is 166 Å². The first-order valence-corrected chi connectivity index (χ1v) is 10.4. The fraction of sp³-hybridized carbons (Fsp3) is 0.591. The van der Waals surface area contributed by atoms with Crippen molar-refractivity contribution in [3.8, 4) is 0 Å². The van der Waals surface area contributed by atoms with Crippen LogP contribution in [0.15, 0.2) is 18.2 Å². The van der Waals surface area contributed by atoms with Crippen molar-refractivity contribution in [2.24, 2.45) is 5.92 Å². The molecule has 150 valence electrons. The number of fused-ring (bicyclic) bond motifs is 1. The summed E-state index contributed by atoms with van der Waals surface area (Å²) in [6, 6.07) is 5.92. The van der Waals surface area contributed by atoms with Crippen LogP contribution in [0.25, 0.3) is 0 Å². The van der Waals surface area contributed by atoms with E-state index < -0.39 is 0 Å². The highest BCUT2D eigenvalue weighted by molar-refractivity contribution is 6.13. The lowest BCUT2D eigenvalue weighted by Crippen LogP contribution is -2.52. The van der Waals surface area contributed by atoms with E-state index in [0.29, 0.717) is 23.2 Å². The van der Waals surface area contributed by atoms with Gasteiger partial charge in [0.2, 0.25) is 11.8 Å². The molecular formula is C22H29N3O3. The fourth-order valence-corrected chi connectivity index (χ4v) is 4.50. The topological polar surface area (TPSA) is 69.7 Å². The average molecular weight is 383 g/mol. The average Bonchev–Trinajstić information content (AvgIpc) is 3.50. The molecule has 0 bridgehead atoms. The zero-order valence-electron chi connectivity index (χ0n) is 16.7. The van der Waals surface area contributed by atoms with E-state index in [1.807, 2.05) is 11.0 Å². The van der Waals surface area contributed by atoms with Crippen LogP contribution in [0.2, 0.25) is 0 Å². The lowest BCUT2D eigenvalue weighted by molar-refractivity contribution is -0.122. The monoisotopic (exact) mass is 383 g/mol. The molecule has 1 heterocycles. The highest BCUT2D eigenvalue weighted by atomic mass is 16.2. The van der Waals surface area contributed by atoms with Gasteiger partial charge in [-0.05, 0) is 56.7 Å². The Hall–Kier alpha value is -2.21. The second kappa shape index (κ2) is 7.66. The Bertz CT molecular complexity index is 802. The molecule has 2 amide bonds. The maximum absolute atomic E-state index is 13.0. The first kappa shape index (κ1) is 19.1. The molecule has 4 rings (SSSR count). The fourth-order valence-electron chi connectivity index (χ4n) is 4.50. The maximum Gasteiger partial charge on any atom is 0.247 e. The highest BCUT2D eigenvalue weighted by Crippen LogP contribution is 2.41. The molecule has 0 spiro atoms. The summed E-state index contributed by atoms with van der Waals surface area (Å²) < 4.78 is 0. The third kappa shape index (κ3) is 3.83. The quantitative estimate of drug-likeness (QED) is 0.794. The minimum Gasteiger partial charge on any atom is -0.306 e. The number of hydrogen-bond donors (Lipinski definition) is 1. The van der Waals surface area contributed by atoms with Crippen LogP contribution in [0.4, 0.5) is 11.4 Å². The number of ketones is 1. The molecule has 1 aliphatic heterocycles. The van der Waals surface area contributed by atoms with E-state index in [9.17, 15) is 14.4 Å². The van der Waals surface area contributed by atoms with Crippen molar-refractivity contribution in [3.05, 3.63) is 23.8 Å². The Morgan fingerprint density at radius 3 is 2.61 bits per heavy atom. The van der Waals surface area contributed by atoms with Crippen molar-refractivity contribution in [3.63, 3.8) is 0 Å². The summed E-state index contributed by atoms with van der Waals surface area (Å²) in [6.45, 7) is 4.04. The van der Waals surface area contributed by atoms with Crippen molar-refractivity contribution in [2.75, 3.05) is 22.9 Å². The number of amides is 2. The molecule has 0 radical (unpaired) electrons. The standard InChI is InChI=1S/C22H29N3O3/c1-14-4-3-5-17(10-14)23-12-21(27)24-13-22(28)25(18-7-8-18)19-9-6-16(15(2)26)11-20(19)24/h6,9,11,14,17-18,23H,3-5,7-8,10,12-13H2,1-2H3. The van der Waals surface area contributed by atoms with Crippen LogP contribution < -0.4 is 15.1 Å². The zero-order chi connectivity index (χ0) is 19.8. The van der Waals surface area contributed by atoms with E-state index >= 15 is 0 Å². The van der Waals surface area contributed by atoms with Crippen LogP contribution >= 0.6 is 0 Å². The molecule has 6 heteroatoms. The predicted molar refractivity (Wildman–Crippen MR) is 109 cm³/mol. The normalized spacial score (nSPS) is 24.9. The molecule has 0 saturated heterocycles. The first-order chi connectivity index (χ1) is 13.4. The van der Waals surface area contributed by atoms with E-state index in [1.165, 1.54) is 19.8 Å². The molecular weight excluding hydrogens is 354 g/mol. The van der Waals surface area contributed by atoms with Crippen molar-refractivity contribution < 1.29 is 14.4 Å². The van der Waals surface area contributed by atoms with Gasteiger partial charge < -0.3 is 10.2 Å². The van der Waals surface area contributed by atoms with Crippen molar-refractivity contribution in [2.45, 2.75) is 64.5 Å². The van der Waals surface area contributed by atoms with Crippen molar-refractivity contribution >= 4 is 29.0 Å². The molecule has 28 heavy (non-hydrogen) atoms. The first-order valence-electron chi connectivity index (χ1n) is 10.4. The second-order valence-corrected chi connectivity index (χ2v) is 8.58. The number of nitrogens with one attached hydrogen (secondary N) is 1. The summed E-state index contributed by atoms with van der Waals surface area (Å²) in [5.41, 5.74) is 2.00. The summed E-state index contributed by atoms with van der Waals surface area (Å²) in [6.07, 6.45) is 6.62. The van der Waals surface area contributed by atoms with Gasteiger partial charge >= 0.3 is 0 Å².